The average Bonchev–Trinajstić information content (AvgIpc) is 3.24. The molecule has 2 unspecified atom stereocenters. The highest BCUT2D eigenvalue weighted by atomic mass is 16.2. The Morgan fingerprint density at radius 3 is 2.38 bits per heavy atom. The number of benzene rings is 1. The lowest BCUT2D eigenvalue weighted by atomic mass is 9.90. The Balaban J connectivity index is 2.06. The molecular weight excluding hydrogens is 260 g/mol. The number of hydrogen-bond donors (Lipinski definition) is 1. The van der Waals surface area contributed by atoms with Gasteiger partial charge in [0.2, 0.25) is 5.91 Å². The van der Waals surface area contributed by atoms with Crippen molar-refractivity contribution in [2.75, 3.05) is 0 Å². The number of nitrogens with two attached hydrogens (primary N) is 1. The van der Waals surface area contributed by atoms with Gasteiger partial charge in [-0.05, 0) is 68.7 Å². The van der Waals surface area contributed by atoms with Crippen LogP contribution in [0.25, 0.3) is 0 Å². The minimum Gasteiger partial charge on any atom is -0.331 e. The van der Waals surface area contributed by atoms with Crippen molar-refractivity contribution < 1.29 is 4.79 Å². The molecule has 0 bridgehead atoms. The standard InChI is InChI=1S/C18H26N2O/c1-11-9-13(3)15(10-12(11)2)18-16(19)5-4-6-17(21)20(18)14-7-8-14/h9-10,14,16,18H,4-8,19H2,1-3H3. The van der Waals surface area contributed by atoms with Crippen molar-refractivity contribution in [2.45, 2.75) is 71.0 Å². The average molecular weight is 286 g/mol. The summed E-state index contributed by atoms with van der Waals surface area (Å²) in [5, 5.41) is 0. The smallest absolute Gasteiger partial charge is 0.223 e. The summed E-state index contributed by atoms with van der Waals surface area (Å²) in [5.74, 6) is 0.299. The van der Waals surface area contributed by atoms with Crippen LogP contribution in [0.1, 0.15) is 60.4 Å². The fourth-order valence-corrected chi connectivity index (χ4v) is 3.60. The van der Waals surface area contributed by atoms with E-state index in [2.05, 4.69) is 37.8 Å². The van der Waals surface area contributed by atoms with Crippen LogP contribution in [-0.4, -0.2) is 22.9 Å². The Kier molecular flexibility index (Phi) is 3.78. The van der Waals surface area contributed by atoms with Crippen molar-refractivity contribution >= 4 is 5.91 Å². The first-order chi connectivity index (χ1) is 9.99. The molecule has 3 heteroatoms. The Labute approximate surface area is 127 Å². The first-order valence-corrected chi connectivity index (χ1v) is 8.13. The summed E-state index contributed by atoms with van der Waals surface area (Å²) in [5.41, 5.74) is 11.6. The second-order valence-corrected chi connectivity index (χ2v) is 6.83. The predicted octanol–water partition coefficient (Wildman–Crippen LogP) is 3.16. The van der Waals surface area contributed by atoms with Gasteiger partial charge in [0.15, 0.2) is 0 Å². The molecule has 2 N–H and O–H groups in total. The van der Waals surface area contributed by atoms with Crippen LogP contribution in [0.3, 0.4) is 0 Å². The van der Waals surface area contributed by atoms with Crippen molar-refractivity contribution in [3.05, 3.63) is 34.4 Å². The van der Waals surface area contributed by atoms with E-state index >= 15 is 0 Å². The van der Waals surface area contributed by atoms with E-state index in [0.29, 0.717) is 18.4 Å². The first kappa shape index (κ1) is 14.6. The molecule has 0 spiro atoms. The maximum absolute atomic E-state index is 12.6. The van der Waals surface area contributed by atoms with Crippen LogP contribution < -0.4 is 5.73 Å². The van der Waals surface area contributed by atoms with Crippen LogP contribution in [0, 0.1) is 20.8 Å². The summed E-state index contributed by atoms with van der Waals surface area (Å²) in [6.45, 7) is 6.43. The summed E-state index contributed by atoms with van der Waals surface area (Å²) >= 11 is 0. The van der Waals surface area contributed by atoms with E-state index in [-0.39, 0.29) is 12.1 Å². The van der Waals surface area contributed by atoms with Gasteiger partial charge >= 0.3 is 0 Å². The third-order valence-corrected chi connectivity index (χ3v) is 5.06. The van der Waals surface area contributed by atoms with Gasteiger partial charge in [-0.3, -0.25) is 4.79 Å². The van der Waals surface area contributed by atoms with Gasteiger partial charge in [-0.1, -0.05) is 12.1 Å². The highest BCUT2D eigenvalue weighted by Gasteiger charge is 2.42. The number of likely N-dealkylation sites (tertiary alicyclic amines) is 1. The Hall–Kier alpha value is -1.35. The topological polar surface area (TPSA) is 46.3 Å². The number of hydrogen-bond acceptors (Lipinski definition) is 2. The zero-order chi connectivity index (χ0) is 15.1. The molecule has 2 fully saturated rings. The summed E-state index contributed by atoms with van der Waals surface area (Å²) in [6, 6.07) is 5.03. The first-order valence-electron chi connectivity index (χ1n) is 8.13. The number of carbonyl (C=O) groups is 1. The molecule has 114 valence electrons. The second kappa shape index (κ2) is 5.45. The molecular formula is C18H26N2O. The molecule has 1 aromatic carbocycles. The largest absolute Gasteiger partial charge is 0.331 e. The van der Waals surface area contributed by atoms with Crippen LogP contribution >= 0.6 is 0 Å². The summed E-state index contributed by atoms with van der Waals surface area (Å²) in [7, 11) is 0. The number of aryl methyl sites for hydroxylation is 3. The van der Waals surface area contributed by atoms with E-state index in [1.54, 1.807) is 0 Å². The van der Waals surface area contributed by atoms with Gasteiger partial charge in [0.25, 0.3) is 0 Å². The molecule has 1 saturated heterocycles. The molecule has 3 rings (SSSR count). The number of amides is 1. The third-order valence-electron chi connectivity index (χ3n) is 5.06. The molecule has 1 amide bonds. The molecule has 0 aromatic heterocycles. The van der Waals surface area contributed by atoms with Gasteiger partial charge in [0, 0.05) is 18.5 Å². The lowest BCUT2D eigenvalue weighted by Gasteiger charge is -2.35. The number of nitrogens with zero attached hydrogens (tertiary/aromatic N) is 1. The number of rotatable bonds is 2. The molecule has 0 radical (unpaired) electrons. The van der Waals surface area contributed by atoms with Gasteiger partial charge < -0.3 is 10.6 Å². The number of carbonyl (C=O) groups excluding carboxylic acids is 1. The Bertz CT molecular complexity index is 563. The summed E-state index contributed by atoms with van der Waals surface area (Å²) in [6.07, 6.45) is 4.79. The summed E-state index contributed by atoms with van der Waals surface area (Å²) < 4.78 is 0. The third kappa shape index (κ3) is 2.71. The Morgan fingerprint density at radius 1 is 1.05 bits per heavy atom. The van der Waals surface area contributed by atoms with E-state index in [1.807, 2.05) is 0 Å². The molecule has 1 heterocycles. The van der Waals surface area contributed by atoms with Crippen LogP contribution in [0.2, 0.25) is 0 Å². The van der Waals surface area contributed by atoms with Gasteiger partial charge in [-0.15, -0.1) is 0 Å². The van der Waals surface area contributed by atoms with Gasteiger partial charge in [-0.2, -0.15) is 0 Å². The van der Waals surface area contributed by atoms with Crippen LogP contribution in [0.15, 0.2) is 12.1 Å². The van der Waals surface area contributed by atoms with Crippen molar-refractivity contribution in [2.24, 2.45) is 5.73 Å². The Morgan fingerprint density at radius 2 is 1.71 bits per heavy atom. The fraction of sp³-hybridized carbons (Fsp3) is 0.611. The normalized spacial score (nSPS) is 26.9. The molecule has 1 aromatic rings. The summed E-state index contributed by atoms with van der Waals surface area (Å²) in [4.78, 5) is 14.7. The van der Waals surface area contributed by atoms with Crippen LogP contribution in [0.5, 0.6) is 0 Å². The maximum atomic E-state index is 12.6. The molecule has 21 heavy (non-hydrogen) atoms. The maximum Gasteiger partial charge on any atom is 0.223 e. The van der Waals surface area contributed by atoms with Crippen molar-refractivity contribution in [3.8, 4) is 0 Å². The van der Waals surface area contributed by atoms with Gasteiger partial charge in [0.05, 0.1) is 6.04 Å². The minimum atomic E-state index is 0.0536. The lowest BCUT2D eigenvalue weighted by molar-refractivity contribution is -0.133. The van der Waals surface area contributed by atoms with Gasteiger partial charge in [0.1, 0.15) is 0 Å². The molecule has 2 aliphatic rings. The predicted molar refractivity (Wildman–Crippen MR) is 85.1 cm³/mol. The molecule has 3 nitrogen and oxygen atoms in total. The van der Waals surface area contributed by atoms with Gasteiger partial charge in [-0.25, -0.2) is 0 Å². The fourth-order valence-electron chi connectivity index (χ4n) is 3.60. The highest BCUT2D eigenvalue weighted by Crippen LogP contribution is 2.40. The van der Waals surface area contributed by atoms with E-state index < -0.39 is 0 Å². The SMILES string of the molecule is Cc1cc(C)c(C2C(N)CCCC(=O)N2C2CC2)cc1C. The second-order valence-electron chi connectivity index (χ2n) is 6.83. The molecule has 1 aliphatic carbocycles. The molecule has 1 saturated carbocycles. The molecule has 2 atom stereocenters. The van der Waals surface area contributed by atoms with Crippen molar-refractivity contribution in [3.63, 3.8) is 0 Å². The van der Waals surface area contributed by atoms with Crippen LogP contribution in [0.4, 0.5) is 0 Å². The zero-order valence-electron chi connectivity index (χ0n) is 13.4. The monoisotopic (exact) mass is 286 g/mol. The van der Waals surface area contributed by atoms with E-state index in [1.165, 1.54) is 22.3 Å². The van der Waals surface area contributed by atoms with Crippen molar-refractivity contribution in [1.29, 1.82) is 0 Å². The van der Waals surface area contributed by atoms with E-state index in [4.69, 9.17) is 5.73 Å². The van der Waals surface area contributed by atoms with Crippen molar-refractivity contribution in [1.82, 2.24) is 4.90 Å². The highest BCUT2D eigenvalue weighted by molar-refractivity contribution is 5.78. The van der Waals surface area contributed by atoms with E-state index in [9.17, 15) is 4.79 Å². The lowest BCUT2D eigenvalue weighted by Crippen LogP contribution is -2.43. The van der Waals surface area contributed by atoms with Crippen LogP contribution in [-0.2, 0) is 4.79 Å². The quantitative estimate of drug-likeness (QED) is 0.907. The minimum absolute atomic E-state index is 0.0536. The van der Waals surface area contributed by atoms with E-state index in [0.717, 1.165) is 25.7 Å². The zero-order valence-corrected chi connectivity index (χ0v) is 13.4. The molecule has 1 aliphatic heterocycles.